The number of aryl methyl sites for hydroxylation is 1. The highest BCUT2D eigenvalue weighted by atomic mass is 79.9. The summed E-state index contributed by atoms with van der Waals surface area (Å²) in [7, 11) is 0. The molecule has 3 heteroatoms. The molecule has 1 aromatic carbocycles. The topological polar surface area (TPSA) is 34.1 Å². The van der Waals surface area contributed by atoms with Gasteiger partial charge in [0.25, 0.3) is 0 Å². The Morgan fingerprint density at radius 2 is 1.81 bits per heavy atom. The minimum Gasteiger partial charge on any atom is -0.299 e. The zero-order chi connectivity index (χ0) is 11.7. The number of benzene rings is 1. The van der Waals surface area contributed by atoms with E-state index in [1.54, 1.807) is 0 Å². The van der Waals surface area contributed by atoms with Crippen LogP contribution in [0, 0.1) is 6.92 Å². The number of carbonyl (C=O) groups excluding carboxylic acids is 2. The van der Waals surface area contributed by atoms with Crippen molar-refractivity contribution in [3.05, 3.63) is 33.8 Å². The van der Waals surface area contributed by atoms with E-state index in [0.29, 0.717) is 12.8 Å². The van der Waals surface area contributed by atoms with Crippen molar-refractivity contribution < 1.29 is 9.59 Å². The van der Waals surface area contributed by atoms with E-state index in [1.165, 1.54) is 0 Å². The lowest BCUT2D eigenvalue weighted by atomic mass is 9.82. The Morgan fingerprint density at radius 3 is 2.44 bits per heavy atom. The summed E-state index contributed by atoms with van der Waals surface area (Å²) in [5.74, 6) is 0.187. The van der Waals surface area contributed by atoms with Crippen LogP contribution in [0.4, 0.5) is 0 Å². The third-order valence-corrected chi connectivity index (χ3v) is 3.66. The first-order valence-electron chi connectivity index (χ1n) is 5.35. The van der Waals surface area contributed by atoms with Crippen molar-refractivity contribution in [3.63, 3.8) is 0 Å². The van der Waals surface area contributed by atoms with E-state index in [4.69, 9.17) is 0 Å². The largest absolute Gasteiger partial charge is 0.299 e. The molecule has 0 aromatic heterocycles. The lowest BCUT2D eigenvalue weighted by molar-refractivity contribution is -0.130. The van der Waals surface area contributed by atoms with Gasteiger partial charge in [-0.15, -0.1) is 0 Å². The van der Waals surface area contributed by atoms with Crippen LogP contribution in [0.1, 0.15) is 36.3 Å². The number of hydrogen-bond donors (Lipinski definition) is 0. The molecule has 1 aromatic rings. The van der Waals surface area contributed by atoms with Crippen LogP contribution in [0.2, 0.25) is 0 Å². The molecule has 0 spiro atoms. The van der Waals surface area contributed by atoms with E-state index in [-0.39, 0.29) is 23.9 Å². The van der Waals surface area contributed by atoms with Gasteiger partial charge in [-0.3, -0.25) is 9.59 Å². The zero-order valence-corrected chi connectivity index (χ0v) is 10.7. The summed E-state index contributed by atoms with van der Waals surface area (Å²) >= 11 is 3.48. The van der Waals surface area contributed by atoms with Crippen LogP contribution in [0.5, 0.6) is 0 Å². The second-order valence-electron chi connectivity index (χ2n) is 4.38. The number of halogens is 1. The van der Waals surface area contributed by atoms with Crippen molar-refractivity contribution in [1.29, 1.82) is 0 Å². The molecule has 0 bridgehead atoms. The summed E-state index contributed by atoms with van der Waals surface area (Å²) in [6.07, 6.45) is 1.11. The van der Waals surface area contributed by atoms with Gasteiger partial charge in [-0.05, 0) is 24.5 Å². The van der Waals surface area contributed by atoms with E-state index >= 15 is 0 Å². The standard InChI is InChI=1S/C13H13BrO2/c1-8-2-3-13(14)12(4-8)9-5-10(15)7-11(16)6-9/h2-4,9H,5-7H2,1H3. The molecule has 1 fully saturated rings. The molecular weight excluding hydrogens is 268 g/mol. The first-order valence-corrected chi connectivity index (χ1v) is 6.15. The molecule has 2 nitrogen and oxygen atoms in total. The highest BCUT2D eigenvalue weighted by molar-refractivity contribution is 9.10. The van der Waals surface area contributed by atoms with E-state index in [9.17, 15) is 9.59 Å². The van der Waals surface area contributed by atoms with Crippen LogP contribution in [0.15, 0.2) is 22.7 Å². The molecule has 16 heavy (non-hydrogen) atoms. The second-order valence-corrected chi connectivity index (χ2v) is 5.24. The van der Waals surface area contributed by atoms with Crippen LogP contribution in [-0.2, 0) is 9.59 Å². The van der Waals surface area contributed by atoms with Crippen molar-refractivity contribution in [3.8, 4) is 0 Å². The van der Waals surface area contributed by atoms with Crippen molar-refractivity contribution in [2.75, 3.05) is 0 Å². The van der Waals surface area contributed by atoms with Crippen LogP contribution >= 0.6 is 15.9 Å². The monoisotopic (exact) mass is 280 g/mol. The Labute approximate surface area is 103 Å². The van der Waals surface area contributed by atoms with Gasteiger partial charge in [-0.2, -0.15) is 0 Å². The van der Waals surface area contributed by atoms with Crippen LogP contribution in [0.3, 0.4) is 0 Å². The number of hydrogen-bond acceptors (Lipinski definition) is 2. The lowest BCUT2D eigenvalue weighted by Gasteiger charge is -2.21. The Morgan fingerprint density at radius 1 is 1.19 bits per heavy atom. The first kappa shape index (κ1) is 11.5. The molecule has 84 valence electrons. The molecule has 0 unspecified atom stereocenters. The van der Waals surface area contributed by atoms with Gasteiger partial charge in [0.05, 0.1) is 6.42 Å². The fourth-order valence-corrected chi connectivity index (χ4v) is 2.75. The lowest BCUT2D eigenvalue weighted by Crippen LogP contribution is -2.21. The molecule has 1 aliphatic carbocycles. The molecule has 0 heterocycles. The summed E-state index contributed by atoms with van der Waals surface area (Å²) in [6, 6.07) is 6.05. The fourth-order valence-electron chi connectivity index (χ4n) is 2.18. The smallest absolute Gasteiger partial charge is 0.140 e. The molecule has 0 N–H and O–H groups in total. The van der Waals surface area contributed by atoms with Gasteiger partial charge in [0.2, 0.25) is 0 Å². The maximum absolute atomic E-state index is 11.4. The van der Waals surface area contributed by atoms with Crippen molar-refractivity contribution in [2.24, 2.45) is 0 Å². The molecule has 2 rings (SSSR count). The van der Waals surface area contributed by atoms with Gasteiger partial charge < -0.3 is 0 Å². The van der Waals surface area contributed by atoms with E-state index in [2.05, 4.69) is 22.0 Å². The van der Waals surface area contributed by atoms with Crippen molar-refractivity contribution >= 4 is 27.5 Å². The minimum absolute atomic E-state index is 0.0584. The Kier molecular flexibility index (Phi) is 3.24. The summed E-state index contributed by atoms with van der Waals surface area (Å²) < 4.78 is 0.991. The Hall–Kier alpha value is -0.960. The second kappa shape index (κ2) is 4.50. The molecule has 1 saturated carbocycles. The third kappa shape index (κ3) is 2.40. The van der Waals surface area contributed by atoms with Gasteiger partial charge in [0.1, 0.15) is 11.6 Å². The van der Waals surface area contributed by atoms with Gasteiger partial charge in [-0.25, -0.2) is 0 Å². The first-order chi connectivity index (χ1) is 7.56. The normalized spacial score (nSPS) is 17.9. The van der Waals surface area contributed by atoms with Gasteiger partial charge in [0.15, 0.2) is 0 Å². The Bertz CT molecular complexity index is 435. The molecular formula is C13H13BrO2. The third-order valence-electron chi connectivity index (χ3n) is 2.93. The molecule has 0 radical (unpaired) electrons. The maximum Gasteiger partial charge on any atom is 0.140 e. The highest BCUT2D eigenvalue weighted by Crippen LogP contribution is 2.34. The summed E-state index contributed by atoms with van der Waals surface area (Å²) in [5, 5.41) is 0. The summed E-state index contributed by atoms with van der Waals surface area (Å²) in [4.78, 5) is 22.8. The summed E-state index contributed by atoms with van der Waals surface area (Å²) in [6.45, 7) is 2.02. The predicted molar refractivity (Wildman–Crippen MR) is 65.5 cm³/mol. The Balaban J connectivity index is 2.32. The minimum atomic E-state index is 0.0584. The number of carbonyl (C=O) groups is 2. The highest BCUT2D eigenvalue weighted by Gasteiger charge is 2.27. The molecule has 0 aliphatic heterocycles. The van der Waals surface area contributed by atoms with Crippen LogP contribution in [-0.4, -0.2) is 11.6 Å². The zero-order valence-electron chi connectivity index (χ0n) is 9.13. The predicted octanol–water partition coefficient (Wildman–Crippen LogP) is 3.16. The number of rotatable bonds is 1. The summed E-state index contributed by atoms with van der Waals surface area (Å²) in [5.41, 5.74) is 2.24. The van der Waals surface area contributed by atoms with Gasteiger partial charge >= 0.3 is 0 Å². The molecule has 0 amide bonds. The van der Waals surface area contributed by atoms with Crippen molar-refractivity contribution in [2.45, 2.75) is 32.1 Å². The quantitative estimate of drug-likeness (QED) is 0.741. The SMILES string of the molecule is Cc1ccc(Br)c(C2CC(=O)CC(=O)C2)c1. The molecule has 0 atom stereocenters. The molecule has 0 saturated heterocycles. The fraction of sp³-hybridized carbons (Fsp3) is 0.385. The number of ketones is 2. The average molecular weight is 281 g/mol. The van der Waals surface area contributed by atoms with E-state index < -0.39 is 0 Å². The van der Waals surface area contributed by atoms with Gasteiger partial charge in [-0.1, -0.05) is 33.6 Å². The van der Waals surface area contributed by atoms with E-state index in [0.717, 1.165) is 15.6 Å². The number of Topliss-reactive ketones (excluding diaryl/α,β-unsaturated/α-hetero) is 2. The van der Waals surface area contributed by atoms with Crippen molar-refractivity contribution in [1.82, 2.24) is 0 Å². The average Bonchev–Trinajstić information content (AvgIpc) is 2.20. The van der Waals surface area contributed by atoms with E-state index in [1.807, 2.05) is 19.1 Å². The molecule has 1 aliphatic rings. The maximum atomic E-state index is 11.4. The van der Waals surface area contributed by atoms with Crippen LogP contribution in [0.25, 0.3) is 0 Å². The van der Waals surface area contributed by atoms with Crippen LogP contribution < -0.4 is 0 Å². The van der Waals surface area contributed by atoms with Gasteiger partial charge in [0, 0.05) is 17.3 Å².